The summed E-state index contributed by atoms with van der Waals surface area (Å²) < 4.78 is 5.22. The van der Waals surface area contributed by atoms with Gasteiger partial charge >= 0.3 is 0 Å². The van der Waals surface area contributed by atoms with Crippen molar-refractivity contribution in [2.75, 3.05) is 17.3 Å². The number of rotatable bonds is 5. The average Bonchev–Trinajstić information content (AvgIpc) is 3.02. The lowest BCUT2D eigenvalue weighted by Gasteiger charge is -2.17. The van der Waals surface area contributed by atoms with Crippen molar-refractivity contribution >= 4 is 40.4 Å². The molecule has 1 heterocycles. The summed E-state index contributed by atoms with van der Waals surface area (Å²) in [6, 6.07) is 16.5. The molecule has 1 N–H and O–H groups in total. The number of amides is 2. The van der Waals surface area contributed by atoms with E-state index in [4.69, 9.17) is 16.3 Å². The van der Waals surface area contributed by atoms with Gasteiger partial charge in [0.2, 0.25) is 0 Å². The number of nitrogens with one attached hydrogen (secondary N) is 1. The normalized spacial score (nSPS) is 13.7. The summed E-state index contributed by atoms with van der Waals surface area (Å²) in [6.07, 6.45) is 0. The third-order valence-corrected chi connectivity index (χ3v) is 6.34. The molecule has 1 aliphatic heterocycles. The Kier molecular flexibility index (Phi) is 6.00. The maximum atomic E-state index is 13.6. The van der Waals surface area contributed by atoms with Crippen molar-refractivity contribution in [2.45, 2.75) is 27.7 Å². The van der Waals surface area contributed by atoms with Crippen LogP contribution in [0.25, 0.3) is 5.57 Å². The van der Waals surface area contributed by atoms with E-state index >= 15 is 0 Å². The predicted octanol–water partition coefficient (Wildman–Crippen LogP) is 5.98. The number of carbonyl (C=O) groups is 2. The lowest BCUT2D eigenvalue weighted by Crippen LogP contribution is -2.32. The van der Waals surface area contributed by atoms with Crippen LogP contribution >= 0.6 is 11.6 Å². The number of carbonyl (C=O) groups excluding carboxylic acids is 2. The van der Waals surface area contributed by atoms with Crippen molar-refractivity contribution in [1.82, 2.24) is 0 Å². The van der Waals surface area contributed by atoms with E-state index in [1.807, 2.05) is 58.0 Å². The maximum Gasteiger partial charge on any atom is 0.282 e. The van der Waals surface area contributed by atoms with Gasteiger partial charge in [-0.2, -0.15) is 0 Å². The second kappa shape index (κ2) is 8.75. The molecule has 4 rings (SSSR count). The van der Waals surface area contributed by atoms with E-state index in [1.54, 1.807) is 24.3 Å². The fourth-order valence-corrected chi connectivity index (χ4v) is 4.06. The van der Waals surface area contributed by atoms with Gasteiger partial charge in [0.1, 0.15) is 11.4 Å². The van der Waals surface area contributed by atoms with Gasteiger partial charge in [0, 0.05) is 5.69 Å². The first-order valence-electron chi connectivity index (χ1n) is 10.6. The first-order chi connectivity index (χ1) is 15.7. The monoisotopic (exact) mass is 460 g/mol. The number of ether oxygens (including phenoxy) is 1. The Morgan fingerprint density at radius 3 is 2.06 bits per heavy atom. The molecule has 0 bridgehead atoms. The molecule has 0 fully saturated rings. The van der Waals surface area contributed by atoms with Crippen molar-refractivity contribution in [1.29, 1.82) is 0 Å². The molecule has 5 nitrogen and oxygen atoms in total. The molecule has 0 aromatic heterocycles. The first-order valence-corrected chi connectivity index (χ1v) is 11.0. The topological polar surface area (TPSA) is 58.6 Å². The second-order valence-electron chi connectivity index (χ2n) is 8.24. The number of hydrogen-bond donors (Lipinski definition) is 1. The summed E-state index contributed by atoms with van der Waals surface area (Å²) >= 11 is 6.29. The molecule has 168 valence electrons. The highest BCUT2D eigenvalue weighted by molar-refractivity contribution is 6.46. The highest BCUT2D eigenvalue weighted by atomic mass is 35.5. The van der Waals surface area contributed by atoms with Gasteiger partial charge in [0.05, 0.1) is 23.4 Å². The van der Waals surface area contributed by atoms with Gasteiger partial charge in [-0.25, -0.2) is 4.90 Å². The number of nitrogens with zero attached hydrogens (tertiary/aromatic N) is 1. The van der Waals surface area contributed by atoms with Crippen LogP contribution in [0.1, 0.15) is 27.8 Å². The summed E-state index contributed by atoms with van der Waals surface area (Å²) in [6.45, 7) is 7.94. The predicted molar refractivity (Wildman–Crippen MR) is 133 cm³/mol. The average molecular weight is 461 g/mol. The molecule has 33 heavy (non-hydrogen) atoms. The summed E-state index contributed by atoms with van der Waals surface area (Å²) in [5.41, 5.74) is 6.59. The molecule has 0 radical (unpaired) electrons. The molecule has 0 unspecified atom stereocenters. The van der Waals surface area contributed by atoms with Crippen LogP contribution in [-0.2, 0) is 9.59 Å². The molecular formula is C27H25ClN2O3. The van der Waals surface area contributed by atoms with E-state index in [2.05, 4.69) is 5.32 Å². The Morgan fingerprint density at radius 2 is 1.45 bits per heavy atom. The zero-order chi connectivity index (χ0) is 23.9. The molecule has 0 atom stereocenters. The number of hydrogen-bond acceptors (Lipinski definition) is 4. The minimum atomic E-state index is -0.413. The van der Waals surface area contributed by atoms with E-state index in [0.29, 0.717) is 33.3 Å². The van der Waals surface area contributed by atoms with E-state index in [0.717, 1.165) is 22.3 Å². The Bertz CT molecular complexity index is 1330. The second-order valence-corrected chi connectivity index (χ2v) is 8.64. The fourth-order valence-electron chi connectivity index (χ4n) is 3.80. The summed E-state index contributed by atoms with van der Waals surface area (Å²) in [5.74, 6) is -0.256. The summed E-state index contributed by atoms with van der Waals surface area (Å²) in [7, 11) is 1.54. The number of benzene rings is 3. The Labute approximate surface area is 198 Å². The van der Waals surface area contributed by atoms with Gasteiger partial charge in [-0.15, -0.1) is 0 Å². The molecule has 6 heteroatoms. The lowest BCUT2D eigenvalue weighted by molar-refractivity contribution is -0.120. The van der Waals surface area contributed by atoms with Crippen LogP contribution in [0.3, 0.4) is 0 Å². The fraction of sp³-hybridized carbons (Fsp3) is 0.185. The van der Waals surface area contributed by atoms with E-state index in [9.17, 15) is 9.59 Å². The van der Waals surface area contributed by atoms with E-state index in [-0.39, 0.29) is 11.6 Å². The van der Waals surface area contributed by atoms with Crippen molar-refractivity contribution in [3.05, 3.63) is 93.1 Å². The zero-order valence-electron chi connectivity index (χ0n) is 19.2. The summed E-state index contributed by atoms with van der Waals surface area (Å²) in [5, 5.41) is 3.55. The molecule has 3 aromatic rings. The van der Waals surface area contributed by atoms with Gasteiger partial charge in [-0.3, -0.25) is 9.59 Å². The third-order valence-electron chi connectivity index (χ3n) is 6.05. The lowest BCUT2D eigenvalue weighted by atomic mass is 9.99. The highest BCUT2D eigenvalue weighted by Crippen LogP contribution is 2.36. The van der Waals surface area contributed by atoms with E-state index < -0.39 is 5.91 Å². The van der Waals surface area contributed by atoms with E-state index in [1.165, 1.54) is 12.0 Å². The molecule has 0 aliphatic carbocycles. The number of aryl methyl sites for hydroxylation is 4. The molecule has 0 spiro atoms. The Morgan fingerprint density at radius 1 is 0.788 bits per heavy atom. The van der Waals surface area contributed by atoms with Crippen LogP contribution in [0.15, 0.2) is 60.3 Å². The molecular weight excluding hydrogens is 436 g/mol. The van der Waals surface area contributed by atoms with Crippen molar-refractivity contribution in [3.8, 4) is 5.75 Å². The maximum absolute atomic E-state index is 13.6. The number of anilines is 2. The highest BCUT2D eigenvalue weighted by Gasteiger charge is 2.40. The number of halogens is 1. The molecule has 3 aromatic carbocycles. The van der Waals surface area contributed by atoms with Crippen LogP contribution in [0.5, 0.6) is 5.75 Å². The van der Waals surface area contributed by atoms with Crippen LogP contribution in [0.2, 0.25) is 5.02 Å². The first kappa shape index (κ1) is 22.6. The SMILES string of the molecule is COc1ccc(NC2=C(c3ccc(C)c(C)c3)C(=O)N(c3ccc(C)c(C)c3)C2=O)cc1Cl. The number of imide groups is 1. The standard InChI is InChI=1S/C27H25ClN2O3/c1-15-6-8-19(12-17(15)3)24-25(29-20-9-11-23(33-5)22(28)14-20)27(32)30(26(24)31)21-10-7-16(2)18(4)13-21/h6-14,29H,1-5H3. The van der Waals surface area contributed by atoms with Gasteiger partial charge in [-0.1, -0.05) is 35.9 Å². The smallest absolute Gasteiger partial charge is 0.282 e. The van der Waals surface area contributed by atoms with Crippen LogP contribution in [0.4, 0.5) is 11.4 Å². The third kappa shape index (κ3) is 4.12. The quantitative estimate of drug-likeness (QED) is 0.476. The molecule has 0 saturated carbocycles. The van der Waals surface area contributed by atoms with Crippen LogP contribution < -0.4 is 15.0 Å². The molecule has 2 amide bonds. The van der Waals surface area contributed by atoms with Crippen molar-refractivity contribution in [2.24, 2.45) is 0 Å². The van der Waals surface area contributed by atoms with Crippen molar-refractivity contribution in [3.63, 3.8) is 0 Å². The van der Waals surface area contributed by atoms with Crippen molar-refractivity contribution < 1.29 is 14.3 Å². The van der Waals surface area contributed by atoms with Gasteiger partial charge < -0.3 is 10.1 Å². The number of methoxy groups -OCH3 is 1. The minimum Gasteiger partial charge on any atom is -0.495 e. The van der Waals surface area contributed by atoms with Gasteiger partial charge in [0.15, 0.2) is 0 Å². The van der Waals surface area contributed by atoms with Gasteiger partial charge in [0.25, 0.3) is 11.8 Å². The van der Waals surface area contributed by atoms with Crippen LogP contribution in [-0.4, -0.2) is 18.9 Å². The summed E-state index contributed by atoms with van der Waals surface area (Å²) in [4.78, 5) is 28.5. The zero-order valence-corrected chi connectivity index (χ0v) is 20.0. The Hall–Kier alpha value is -3.57. The molecule has 0 saturated heterocycles. The largest absolute Gasteiger partial charge is 0.495 e. The minimum absolute atomic E-state index is 0.211. The van der Waals surface area contributed by atoms with Gasteiger partial charge in [-0.05, 0) is 85.8 Å². The Balaban J connectivity index is 1.84. The molecule has 1 aliphatic rings. The van der Waals surface area contributed by atoms with Crippen LogP contribution in [0, 0.1) is 27.7 Å².